The molecular formula is C24H20O2. The largest absolute Gasteiger partial charge is 0.508 e. The molecule has 2 heteroatoms. The summed E-state index contributed by atoms with van der Waals surface area (Å²) < 4.78 is 6.16. The molecule has 0 bridgehead atoms. The second kappa shape index (κ2) is 7.32. The van der Waals surface area contributed by atoms with Gasteiger partial charge >= 0.3 is 0 Å². The Morgan fingerprint density at radius 3 is 2.08 bits per heavy atom. The van der Waals surface area contributed by atoms with E-state index in [1.54, 1.807) is 12.1 Å². The van der Waals surface area contributed by atoms with E-state index < -0.39 is 0 Å². The van der Waals surface area contributed by atoms with Gasteiger partial charge in [-0.05, 0) is 51.7 Å². The zero-order valence-electron chi connectivity index (χ0n) is 14.4. The Bertz CT molecular complexity index is 1010. The van der Waals surface area contributed by atoms with Gasteiger partial charge in [0.2, 0.25) is 0 Å². The summed E-state index contributed by atoms with van der Waals surface area (Å²) in [6.07, 6.45) is 0.807. The summed E-state index contributed by atoms with van der Waals surface area (Å²) in [5.74, 6) is 1.12. The summed E-state index contributed by atoms with van der Waals surface area (Å²) in [4.78, 5) is 0. The summed E-state index contributed by atoms with van der Waals surface area (Å²) in [5.41, 5.74) is 3.52. The minimum absolute atomic E-state index is 0.266. The lowest BCUT2D eigenvalue weighted by molar-refractivity contribution is 0.304. The maximum Gasteiger partial charge on any atom is 0.123 e. The van der Waals surface area contributed by atoms with E-state index in [1.807, 2.05) is 36.4 Å². The van der Waals surface area contributed by atoms with Crippen LogP contribution in [-0.4, -0.2) is 5.11 Å². The summed E-state index contributed by atoms with van der Waals surface area (Å²) >= 11 is 0. The Morgan fingerprint density at radius 1 is 0.654 bits per heavy atom. The quantitative estimate of drug-likeness (QED) is 0.504. The van der Waals surface area contributed by atoms with Gasteiger partial charge in [0, 0.05) is 6.42 Å². The summed E-state index contributed by atoms with van der Waals surface area (Å²) in [6, 6.07) is 30.2. The highest BCUT2D eigenvalue weighted by Gasteiger charge is 2.09. The standard InChI is InChI=1S/C24H20O2/c25-23-12-11-20-14-22(13-18-7-3-1-4-8-18)24(16-21(20)15-23)26-17-19-9-5-2-6-10-19/h1-12,14-16,25H,13,17H2. The Balaban J connectivity index is 1.70. The van der Waals surface area contributed by atoms with E-state index in [9.17, 15) is 5.11 Å². The second-order valence-corrected chi connectivity index (χ2v) is 6.43. The van der Waals surface area contributed by atoms with Crippen molar-refractivity contribution in [3.8, 4) is 11.5 Å². The van der Waals surface area contributed by atoms with E-state index in [0.717, 1.165) is 34.1 Å². The van der Waals surface area contributed by atoms with Gasteiger partial charge in [-0.15, -0.1) is 0 Å². The minimum Gasteiger partial charge on any atom is -0.508 e. The van der Waals surface area contributed by atoms with Crippen LogP contribution in [0.15, 0.2) is 91.0 Å². The first kappa shape index (κ1) is 16.2. The lowest BCUT2D eigenvalue weighted by Crippen LogP contribution is -2.00. The molecule has 4 rings (SSSR count). The average Bonchev–Trinajstić information content (AvgIpc) is 2.68. The van der Waals surface area contributed by atoms with Crippen LogP contribution in [0.5, 0.6) is 11.5 Å². The monoisotopic (exact) mass is 340 g/mol. The Morgan fingerprint density at radius 2 is 1.35 bits per heavy atom. The second-order valence-electron chi connectivity index (χ2n) is 6.43. The number of hydrogen-bond acceptors (Lipinski definition) is 2. The summed E-state index contributed by atoms with van der Waals surface area (Å²) in [6.45, 7) is 0.521. The summed E-state index contributed by atoms with van der Waals surface area (Å²) in [7, 11) is 0. The van der Waals surface area contributed by atoms with E-state index in [2.05, 4.69) is 42.5 Å². The maximum absolute atomic E-state index is 9.79. The number of hydrogen-bond donors (Lipinski definition) is 1. The fourth-order valence-corrected chi connectivity index (χ4v) is 3.13. The Hall–Kier alpha value is -3.26. The topological polar surface area (TPSA) is 29.5 Å². The molecule has 0 amide bonds. The van der Waals surface area contributed by atoms with Crippen molar-refractivity contribution in [3.63, 3.8) is 0 Å². The molecule has 0 heterocycles. The molecule has 128 valence electrons. The Labute approximate surface area is 153 Å². The molecule has 0 radical (unpaired) electrons. The van der Waals surface area contributed by atoms with Gasteiger partial charge < -0.3 is 9.84 Å². The van der Waals surface area contributed by atoms with Crippen molar-refractivity contribution >= 4 is 10.8 Å². The number of fused-ring (bicyclic) bond motifs is 1. The first-order valence-electron chi connectivity index (χ1n) is 8.74. The van der Waals surface area contributed by atoms with Crippen LogP contribution in [0.2, 0.25) is 0 Å². The molecule has 26 heavy (non-hydrogen) atoms. The van der Waals surface area contributed by atoms with E-state index in [-0.39, 0.29) is 5.75 Å². The summed E-state index contributed by atoms with van der Waals surface area (Å²) in [5, 5.41) is 11.9. The van der Waals surface area contributed by atoms with Gasteiger partial charge in [0.25, 0.3) is 0 Å². The van der Waals surface area contributed by atoms with Crippen molar-refractivity contribution in [1.29, 1.82) is 0 Å². The SMILES string of the molecule is Oc1ccc2cc(Cc3ccccc3)c(OCc3ccccc3)cc2c1. The molecule has 1 N–H and O–H groups in total. The number of rotatable bonds is 5. The predicted octanol–water partition coefficient (Wildman–Crippen LogP) is 5.72. The molecule has 0 aliphatic heterocycles. The van der Waals surface area contributed by atoms with E-state index in [4.69, 9.17) is 4.74 Å². The van der Waals surface area contributed by atoms with Crippen LogP contribution in [0.1, 0.15) is 16.7 Å². The molecule has 0 aliphatic rings. The number of phenolic OH excluding ortho intramolecular Hbond substituents is 1. The molecule has 0 aliphatic carbocycles. The lowest BCUT2D eigenvalue weighted by atomic mass is 10.00. The van der Waals surface area contributed by atoms with Gasteiger partial charge in [0.1, 0.15) is 18.1 Å². The average molecular weight is 340 g/mol. The van der Waals surface area contributed by atoms with Crippen molar-refractivity contribution in [3.05, 3.63) is 108 Å². The number of phenols is 1. The van der Waals surface area contributed by atoms with Crippen LogP contribution < -0.4 is 4.74 Å². The molecule has 0 unspecified atom stereocenters. The lowest BCUT2D eigenvalue weighted by Gasteiger charge is -2.14. The van der Waals surface area contributed by atoms with Crippen molar-refractivity contribution in [2.24, 2.45) is 0 Å². The van der Waals surface area contributed by atoms with Crippen molar-refractivity contribution in [2.75, 3.05) is 0 Å². The molecular weight excluding hydrogens is 320 g/mol. The highest BCUT2D eigenvalue weighted by Crippen LogP contribution is 2.30. The zero-order valence-corrected chi connectivity index (χ0v) is 14.4. The van der Waals surface area contributed by atoms with Crippen LogP contribution in [0.4, 0.5) is 0 Å². The van der Waals surface area contributed by atoms with E-state index >= 15 is 0 Å². The Kier molecular flexibility index (Phi) is 4.57. The van der Waals surface area contributed by atoms with Gasteiger partial charge in [-0.2, -0.15) is 0 Å². The zero-order chi connectivity index (χ0) is 17.8. The van der Waals surface area contributed by atoms with Crippen LogP contribution in [-0.2, 0) is 13.0 Å². The molecule has 2 nitrogen and oxygen atoms in total. The predicted molar refractivity (Wildman–Crippen MR) is 106 cm³/mol. The fourth-order valence-electron chi connectivity index (χ4n) is 3.13. The fraction of sp³-hybridized carbons (Fsp3) is 0.0833. The highest BCUT2D eigenvalue weighted by atomic mass is 16.5. The highest BCUT2D eigenvalue weighted by molar-refractivity contribution is 5.86. The van der Waals surface area contributed by atoms with Gasteiger partial charge in [-0.3, -0.25) is 0 Å². The van der Waals surface area contributed by atoms with Gasteiger partial charge in [-0.25, -0.2) is 0 Å². The van der Waals surface area contributed by atoms with Crippen molar-refractivity contribution in [2.45, 2.75) is 13.0 Å². The first-order valence-corrected chi connectivity index (χ1v) is 8.74. The first-order chi connectivity index (χ1) is 12.8. The third-order valence-corrected chi connectivity index (χ3v) is 4.48. The molecule has 4 aromatic rings. The van der Waals surface area contributed by atoms with Crippen LogP contribution in [0, 0.1) is 0 Å². The molecule has 0 atom stereocenters. The van der Waals surface area contributed by atoms with Crippen LogP contribution >= 0.6 is 0 Å². The van der Waals surface area contributed by atoms with Crippen molar-refractivity contribution < 1.29 is 9.84 Å². The smallest absolute Gasteiger partial charge is 0.123 e. The maximum atomic E-state index is 9.79. The van der Waals surface area contributed by atoms with Crippen LogP contribution in [0.25, 0.3) is 10.8 Å². The molecule has 0 fully saturated rings. The van der Waals surface area contributed by atoms with Gasteiger partial charge in [-0.1, -0.05) is 66.7 Å². The minimum atomic E-state index is 0.266. The van der Waals surface area contributed by atoms with Gasteiger partial charge in [0.05, 0.1) is 0 Å². The molecule has 0 saturated heterocycles. The van der Waals surface area contributed by atoms with E-state index in [1.165, 1.54) is 5.56 Å². The normalized spacial score (nSPS) is 10.8. The third-order valence-electron chi connectivity index (χ3n) is 4.48. The van der Waals surface area contributed by atoms with E-state index in [0.29, 0.717) is 6.61 Å². The van der Waals surface area contributed by atoms with Gasteiger partial charge in [0.15, 0.2) is 0 Å². The number of aromatic hydroxyl groups is 1. The van der Waals surface area contributed by atoms with Crippen molar-refractivity contribution in [1.82, 2.24) is 0 Å². The molecule has 0 aromatic heterocycles. The number of benzene rings is 4. The third kappa shape index (κ3) is 3.70. The van der Waals surface area contributed by atoms with Crippen LogP contribution in [0.3, 0.4) is 0 Å². The molecule has 4 aromatic carbocycles. The molecule has 0 spiro atoms. The molecule has 0 saturated carbocycles. The number of ether oxygens (including phenoxy) is 1.